The highest BCUT2D eigenvalue weighted by molar-refractivity contribution is 9.10. The van der Waals surface area contributed by atoms with Gasteiger partial charge in [-0.1, -0.05) is 0 Å². The Morgan fingerprint density at radius 2 is 2.08 bits per heavy atom. The van der Waals surface area contributed by atoms with Crippen molar-refractivity contribution in [3.63, 3.8) is 0 Å². The number of benzene rings is 1. The lowest BCUT2D eigenvalue weighted by atomic mass is 10.1. The van der Waals surface area contributed by atoms with Crippen LogP contribution in [0.2, 0.25) is 0 Å². The SMILES string of the molecule is COc1cc2oc(=O)cc(COP(=O)(O)OC[C@H](N)C(=O)O)c2cc1Br. The topological polar surface area (TPSA) is 159 Å². The number of fused-ring (bicyclic) bond motifs is 1. The van der Waals surface area contributed by atoms with E-state index in [4.69, 9.17) is 24.5 Å². The second-order valence-electron chi connectivity index (χ2n) is 5.06. The van der Waals surface area contributed by atoms with E-state index < -0.39 is 38.7 Å². The highest BCUT2D eigenvalue weighted by atomic mass is 79.9. The van der Waals surface area contributed by atoms with Crippen molar-refractivity contribution < 1.29 is 37.6 Å². The van der Waals surface area contributed by atoms with Gasteiger partial charge < -0.3 is 24.9 Å². The molecule has 1 heterocycles. The number of carbonyl (C=O) groups is 1. The van der Waals surface area contributed by atoms with Crippen LogP contribution < -0.4 is 16.1 Å². The molecule has 0 aliphatic rings. The minimum absolute atomic E-state index is 0.192. The average molecular weight is 452 g/mol. The van der Waals surface area contributed by atoms with Gasteiger partial charge in [-0.25, -0.2) is 9.36 Å². The van der Waals surface area contributed by atoms with Crippen LogP contribution in [0.25, 0.3) is 11.0 Å². The summed E-state index contributed by atoms with van der Waals surface area (Å²) in [6, 6.07) is 2.70. The largest absolute Gasteiger partial charge is 0.495 e. The lowest BCUT2D eigenvalue weighted by molar-refractivity contribution is -0.139. The van der Waals surface area contributed by atoms with E-state index in [2.05, 4.69) is 20.5 Å². The third-order valence-electron chi connectivity index (χ3n) is 3.22. The number of hydrogen-bond donors (Lipinski definition) is 3. The maximum absolute atomic E-state index is 11.8. The molecule has 0 aliphatic heterocycles. The Morgan fingerprint density at radius 3 is 2.69 bits per heavy atom. The Morgan fingerprint density at radius 1 is 1.38 bits per heavy atom. The highest BCUT2D eigenvalue weighted by Crippen LogP contribution is 2.44. The molecule has 10 nitrogen and oxygen atoms in total. The van der Waals surface area contributed by atoms with Gasteiger partial charge in [0.05, 0.1) is 24.8 Å². The zero-order valence-electron chi connectivity index (χ0n) is 13.4. The molecule has 0 bridgehead atoms. The van der Waals surface area contributed by atoms with Crippen LogP contribution in [0.5, 0.6) is 5.75 Å². The number of carboxylic acids is 1. The average Bonchev–Trinajstić information content (AvgIpc) is 2.57. The van der Waals surface area contributed by atoms with Crippen molar-refractivity contribution in [2.45, 2.75) is 12.6 Å². The number of methoxy groups -OCH3 is 1. The van der Waals surface area contributed by atoms with E-state index in [1.807, 2.05) is 0 Å². The van der Waals surface area contributed by atoms with Gasteiger partial charge >= 0.3 is 19.4 Å². The summed E-state index contributed by atoms with van der Waals surface area (Å²) in [7, 11) is -3.14. The van der Waals surface area contributed by atoms with Crippen LogP contribution in [0, 0.1) is 0 Å². The molecule has 0 saturated carbocycles. The minimum atomic E-state index is -4.58. The standard InChI is InChI=1S/C14H15BrNO9P/c1-22-12-4-11-8(3-9(12)15)7(2-13(17)25-11)5-23-26(20,21)24-6-10(16)14(18)19/h2-4,10H,5-6,16H2,1H3,(H,18,19)(H,20,21)/t10-/m0/s1. The van der Waals surface area contributed by atoms with E-state index in [1.165, 1.54) is 13.2 Å². The summed E-state index contributed by atoms with van der Waals surface area (Å²) in [4.78, 5) is 31.9. The molecular formula is C14H15BrNO9P. The molecule has 0 spiro atoms. The van der Waals surface area contributed by atoms with E-state index in [9.17, 15) is 19.0 Å². The molecule has 142 valence electrons. The fraction of sp³-hybridized carbons (Fsp3) is 0.286. The Balaban J connectivity index is 2.22. The smallest absolute Gasteiger partial charge is 0.472 e. The zero-order valence-corrected chi connectivity index (χ0v) is 15.9. The van der Waals surface area contributed by atoms with Gasteiger partial charge in [-0.05, 0) is 27.6 Å². The van der Waals surface area contributed by atoms with Crippen LogP contribution in [0.3, 0.4) is 0 Å². The van der Waals surface area contributed by atoms with E-state index >= 15 is 0 Å². The summed E-state index contributed by atoms with van der Waals surface area (Å²) < 4.78 is 31.9. The number of hydrogen-bond acceptors (Lipinski definition) is 8. The van der Waals surface area contributed by atoms with Crippen molar-refractivity contribution >= 4 is 40.7 Å². The third-order valence-corrected chi connectivity index (χ3v) is 4.77. The Kier molecular flexibility index (Phi) is 6.56. The Hall–Kier alpha value is -1.75. The number of rotatable bonds is 8. The van der Waals surface area contributed by atoms with Crippen LogP contribution in [0.1, 0.15) is 5.56 Å². The van der Waals surface area contributed by atoms with Gasteiger partial charge in [0, 0.05) is 17.5 Å². The first-order valence-electron chi connectivity index (χ1n) is 7.03. The quantitative estimate of drug-likeness (QED) is 0.397. The highest BCUT2D eigenvalue weighted by Gasteiger charge is 2.25. The summed E-state index contributed by atoms with van der Waals surface area (Å²) in [5.74, 6) is -0.965. The molecular weight excluding hydrogens is 437 g/mol. The molecule has 0 fully saturated rings. The fourth-order valence-electron chi connectivity index (χ4n) is 1.94. The van der Waals surface area contributed by atoms with Crippen LogP contribution in [-0.4, -0.2) is 35.7 Å². The summed E-state index contributed by atoms with van der Waals surface area (Å²) in [5.41, 5.74) is 4.95. The Labute approximate surface area is 155 Å². The van der Waals surface area contributed by atoms with Crippen molar-refractivity contribution in [1.82, 2.24) is 0 Å². The van der Waals surface area contributed by atoms with Gasteiger partial charge in [-0.15, -0.1) is 0 Å². The number of nitrogens with two attached hydrogens (primary N) is 1. The van der Waals surface area contributed by atoms with Gasteiger partial charge in [-0.2, -0.15) is 0 Å². The number of phosphoric acid groups is 1. The van der Waals surface area contributed by atoms with Crippen molar-refractivity contribution in [3.8, 4) is 5.75 Å². The molecule has 2 atom stereocenters. The number of aliphatic carboxylic acids is 1. The Bertz CT molecular complexity index is 929. The third kappa shape index (κ3) is 5.13. The second kappa shape index (κ2) is 8.30. The predicted molar refractivity (Wildman–Crippen MR) is 92.9 cm³/mol. The van der Waals surface area contributed by atoms with Gasteiger partial charge in [0.2, 0.25) is 0 Å². The summed E-state index contributed by atoms with van der Waals surface area (Å²) in [6.07, 6.45) is 0. The van der Waals surface area contributed by atoms with Crippen molar-refractivity contribution in [2.24, 2.45) is 5.73 Å². The fourth-order valence-corrected chi connectivity index (χ4v) is 3.17. The first kappa shape index (κ1) is 20.6. The van der Waals surface area contributed by atoms with Crippen LogP contribution in [-0.2, 0) is 25.0 Å². The summed E-state index contributed by atoms with van der Waals surface area (Å²) in [5, 5.41) is 9.07. The first-order chi connectivity index (χ1) is 12.1. The molecule has 2 aromatic rings. The molecule has 4 N–H and O–H groups in total. The zero-order chi connectivity index (χ0) is 19.5. The monoisotopic (exact) mass is 451 g/mol. The molecule has 1 aromatic carbocycles. The van der Waals surface area contributed by atoms with Crippen molar-refractivity contribution in [2.75, 3.05) is 13.7 Å². The molecule has 1 unspecified atom stereocenters. The van der Waals surface area contributed by atoms with Gasteiger partial charge in [0.1, 0.15) is 17.4 Å². The van der Waals surface area contributed by atoms with Gasteiger partial charge in [0.25, 0.3) is 0 Å². The van der Waals surface area contributed by atoms with Crippen molar-refractivity contribution in [1.29, 1.82) is 0 Å². The van der Waals surface area contributed by atoms with E-state index in [1.54, 1.807) is 6.07 Å². The van der Waals surface area contributed by atoms with Gasteiger partial charge in [0.15, 0.2) is 0 Å². The lowest BCUT2D eigenvalue weighted by Gasteiger charge is -2.14. The molecule has 0 amide bonds. The van der Waals surface area contributed by atoms with E-state index in [-0.39, 0.29) is 11.1 Å². The summed E-state index contributed by atoms with van der Waals surface area (Å²) in [6.45, 7) is -1.18. The second-order valence-corrected chi connectivity index (χ2v) is 7.36. The number of ether oxygens (including phenoxy) is 1. The van der Waals surface area contributed by atoms with E-state index in [0.717, 1.165) is 6.07 Å². The van der Waals surface area contributed by atoms with E-state index in [0.29, 0.717) is 15.6 Å². The normalized spacial score (nSPS) is 14.8. The summed E-state index contributed by atoms with van der Waals surface area (Å²) >= 11 is 3.29. The molecule has 2 rings (SSSR count). The maximum Gasteiger partial charge on any atom is 0.472 e. The predicted octanol–water partition coefficient (Wildman–Crippen LogP) is 1.61. The van der Waals surface area contributed by atoms with Crippen LogP contribution >= 0.6 is 23.8 Å². The molecule has 12 heteroatoms. The van der Waals surface area contributed by atoms with Crippen LogP contribution in [0.15, 0.2) is 31.9 Å². The molecule has 26 heavy (non-hydrogen) atoms. The first-order valence-corrected chi connectivity index (χ1v) is 9.32. The number of halogens is 1. The maximum atomic E-state index is 11.8. The lowest BCUT2D eigenvalue weighted by Crippen LogP contribution is -2.34. The molecule has 0 aliphatic carbocycles. The molecule has 0 radical (unpaired) electrons. The van der Waals surface area contributed by atoms with Crippen LogP contribution in [0.4, 0.5) is 0 Å². The van der Waals surface area contributed by atoms with Crippen molar-refractivity contribution in [3.05, 3.63) is 38.7 Å². The van der Waals surface area contributed by atoms with Gasteiger partial charge in [-0.3, -0.25) is 13.8 Å². The molecule has 0 saturated heterocycles. The number of carboxylic acid groups (broad SMARTS) is 1. The minimum Gasteiger partial charge on any atom is -0.495 e. The number of phosphoric ester groups is 1. The molecule has 1 aromatic heterocycles.